The lowest BCUT2D eigenvalue weighted by molar-refractivity contribution is 0.565. The second-order valence-corrected chi connectivity index (χ2v) is 14.5. The Morgan fingerprint density at radius 2 is 1.39 bits per heavy atom. The van der Waals surface area contributed by atoms with Crippen LogP contribution in [0.25, 0.3) is 0 Å². The van der Waals surface area contributed by atoms with Crippen LogP contribution in [0.5, 0.6) is 0 Å². The van der Waals surface area contributed by atoms with Crippen LogP contribution in [0.4, 0.5) is 0 Å². The van der Waals surface area contributed by atoms with Crippen molar-refractivity contribution >= 4 is 34.0 Å². The van der Waals surface area contributed by atoms with Crippen molar-refractivity contribution in [2.24, 2.45) is 14.1 Å². The number of imidazole rings is 1. The van der Waals surface area contributed by atoms with Gasteiger partial charge in [-0.2, -0.15) is 0 Å². The maximum absolute atomic E-state index is 4.71. The molecule has 0 amide bonds. The Labute approximate surface area is 344 Å². The quantitative estimate of drug-likeness (QED) is 0.162. The van der Waals surface area contributed by atoms with Crippen LogP contribution < -0.4 is 0 Å². The fourth-order valence-corrected chi connectivity index (χ4v) is 4.75. The van der Waals surface area contributed by atoms with Gasteiger partial charge in [-0.1, -0.05) is 12.1 Å². The molecule has 0 spiro atoms. The monoisotopic (exact) mass is 809 g/mol. The van der Waals surface area contributed by atoms with E-state index in [1.54, 1.807) is 89.9 Å². The second-order valence-electron chi connectivity index (χ2n) is 11.5. The average Bonchev–Trinajstić information content (AvgIpc) is 4.04. The molecule has 0 aliphatic heterocycles. The molecular weight excluding hydrogens is 755 g/mol. The van der Waals surface area contributed by atoms with Crippen LogP contribution in [0.15, 0.2) is 168 Å². The molecule has 9 aromatic heterocycles. The number of nitrogens with zero attached hydrogens (tertiary/aromatic N) is 8. The van der Waals surface area contributed by atoms with Gasteiger partial charge in [-0.15, -0.1) is 34.0 Å². The topological polar surface area (TPSA) is 116 Å². The molecule has 1 N–H and O–H groups in total. The molecule has 0 atom stereocenters. The number of aromatic nitrogens is 9. The summed E-state index contributed by atoms with van der Waals surface area (Å²) >= 11 is 5.07. The minimum Gasteiger partial charge on any atom is -0.472 e. The van der Waals surface area contributed by atoms with Crippen LogP contribution in [-0.4, -0.2) is 44.0 Å². The average molecular weight is 810 g/mol. The van der Waals surface area contributed by atoms with Crippen LogP contribution in [0.3, 0.4) is 0 Å². The first-order chi connectivity index (χ1) is 27.0. The molecule has 0 aliphatic rings. The number of pyridine rings is 1. The van der Waals surface area contributed by atoms with E-state index in [1.807, 2.05) is 148 Å². The van der Waals surface area contributed by atoms with Crippen LogP contribution in [0.2, 0.25) is 0 Å². The zero-order valence-electron chi connectivity index (χ0n) is 33.8. The smallest absolute Gasteiger partial charge is 0.125 e. The molecule has 0 saturated heterocycles. The first-order valence-electron chi connectivity index (χ1n) is 17.4. The summed E-state index contributed by atoms with van der Waals surface area (Å²) in [6.07, 6.45) is 25.5. The van der Waals surface area contributed by atoms with Gasteiger partial charge in [0.15, 0.2) is 0 Å². The molecule has 9 heterocycles. The number of thiazole rings is 2. The van der Waals surface area contributed by atoms with Crippen molar-refractivity contribution < 1.29 is 4.42 Å². The summed E-state index contributed by atoms with van der Waals surface area (Å²) in [5.41, 5.74) is 6.61. The fourth-order valence-electron chi connectivity index (χ4n) is 3.24. The van der Waals surface area contributed by atoms with Gasteiger partial charge >= 0.3 is 0 Å². The van der Waals surface area contributed by atoms with Crippen molar-refractivity contribution in [3.05, 3.63) is 201 Å². The van der Waals surface area contributed by atoms with Crippen molar-refractivity contribution in [3.63, 3.8) is 0 Å². The molecule has 0 bridgehead atoms. The van der Waals surface area contributed by atoms with Gasteiger partial charge in [0.2, 0.25) is 0 Å². The minimum absolute atomic E-state index is 0.822. The van der Waals surface area contributed by atoms with E-state index >= 15 is 0 Å². The maximum atomic E-state index is 4.71. The van der Waals surface area contributed by atoms with Crippen molar-refractivity contribution in [2.45, 2.75) is 48.5 Å². The number of furan rings is 1. The Morgan fingerprint density at radius 1 is 0.625 bits per heavy atom. The Morgan fingerprint density at radius 3 is 1.59 bits per heavy atom. The van der Waals surface area contributed by atoms with E-state index in [0.717, 1.165) is 16.5 Å². The third-order valence-corrected chi connectivity index (χ3v) is 8.30. The number of aromatic amines is 1. The Hall–Kier alpha value is -5.76. The number of aryl methyl sites for hydroxylation is 9. The summed E-state index contributed by atoms with van der Waals surface area (Å²) < 4.78 is 8.60. The van der Waals surface area contributed by atoms with Crippen LogP contribution in [-0.2, 0) is 14.1 Å². The zero-order valence-corrected chi connectivity index (χ0v) is 36.2. The Kier molecular flexibility index (Phi) is 28.1. The highest BCUT2D eigenvalue weighted by Crippen LogP contribution is 2.03. The zero-order chi connectivity index (χ0) is 41.1. The summed E-state index contributed by atoms with van der Waals surface area (Å²) in [4.78, 5) is 27.6. The molecule has 296 valence electrons. The van der Waals surface area contributed by atoms with Crippen LogP contribution in [0, 0.1) is 48.5 Å². The summed E-state index contributed by atoms with van der Waals surface area (Å²) in [6, 6.07) is 17.8. The molecule has 0 aliphatic carbocycles. The summed E-state index contributed by atoms with van der Waals surface area (Å²) in [7, 11) is 3.94. The first-order valence-corrected chi connectivity index (χ1v) is 20.1. The van der Waals surface area contributed by atoms with E-state index in [-0.39, 0.29) is 0 Å². The lowest BCUT2D eigenvalue weighted by atomic mass is 10.3. The molecule has 13 heteroatoms. The van der Waals surface area contributed by atoms with Gasteiger partial charge < -0.3 is 18.5 Å². The Bertz CT molecular complexity index is 1640. The van der Waals surface area contributed by atoms with Crippen LogP contribution in [0.1, 0.15) is 38.1 Å². The molecule has 0 fully saturated rings. The van der Waals surface area contributed by atoms with E-state index in [4.69, 9.17) is 4.42 Å². The highest BCUT2D eigenvalue weighted by molar-refractivity contribution is 7.10. The molecular formula is C43H55N9OS3. The fraction of sp³-hybridized carbons (Fsp3) is 0.209. The number of hydrogen-bond acceptors (Lipinski definition) is 10. The number of nitrogens with one attached hydrogen (secondary N) is 1. The van der Waals surface area contributed by atoms with Gasteiger partial charge in [-0.25, -0.2) is 15.0 Å². The van der Waals surface area contributed by atoms with E-state index in [9.17, 15) is 0 Å². The summed E-state index contributed by atoms with van der Waals surface area (Å²) in [5, 5.41) is 7.19. The first kappa shape index (κ1) is 48.3. The normalized spacial score (nSPS) is 8.80. The number of thiophene rings is 1. The predicted molar refractivity (Wildman–Crippen MR) is 236 cm³/mol. The van der Waals surface area contributed by atoms with Crippen molar-refractivity contribution in [2.75, 3.05) is 0 Å². The molecule has 10 nitrogen and oxygen atoms in total. The number of hydrogen-bond donors (Lipinski definition) is 1. The molecule has 9 rings (SSSR count). The summed E-state index contributed by atoms with van der Waals surface area (Å²) in [6.45, 7) is 14.0. The third-order valence-electron chi connectivity index (χ3n) is 6.09. The lowest BCUT2D eigenvalue weighted by Gasteiger charge is -1.82. The van der Waals surface area contributed by atoms with Gasteiger partial charge in [-0.3, -0.25) is 15.0 Å². The van der Waals surface area contributed by atoms with Gasteiger partial charge in [0.25, 0.3) is 0 Å². The summed E-state index contributed by atoms with van der Waals surface area (Å²) in [5.74, 6) is 0.822. The number of H-pyrrole nitrogens is 1. The van der Waals surface area contributed by atoms with Crippen molar-refractivity contribution in [1.82, 2.24) is 44.0 Å². The largest absolute Gasteiger partial charge is 0.472 e. The highest BCUT2D eigenvalue weighted by Gasteiger charge is 1.79. The van der Waals surface area contributed by atoms with E-state index in [0.29, 0.717) is 0 Å². The van der Waals surface area contributed by atoms with Gasteiger partial charge in [0, 0.05) is 104 Å². The lowest BCUT2D eigenvalue weighted by Crippen LogP contribution is -1.80. The SMILES string of the molecule is Cc1cc[nH]c1.Cc1cccnc1.Cc1cccs1.Cc1ccoc1.Cc1cscn1.Cc1ncccn1.Cc1nccs1.Cn1cccc1.Cn1ccnc1. The highest BCUT2D eigenvalue weighted by atomic mass is 32.1. The number of rotatable bonds is 0. The van der Waals surface area contributed by atoms with E-state index < -0.39 is 0 Å². The molecule has 0 saturated carbocycles. The molecule has 56 heavy (non-hydrogen) atoms. The molecule has 0 unspecified atom stereocenters. The van der Waals surface area contributed by atoms with Crippen molar-refractivity contribution in [1.29, 1.82) is 0 Å². The molecule has 0 aromatic carbocycles. The minimum atomic E-state index is 0.822. The Balaban J connectivity index is 0.000000315. The molecule has 9 aromatic rings. The van der Waals surface area contributed by atoms with Gasteiger partial charge in [-0.05, 0) is 113 Å². The predicted octanol–water partition coefficient (Wildman–Crippen LogP) is 11.5. The van der Waals surface area contributed by atoms with Crippen molar-refractivity contribution in [3.8, 4) is 0 Å². The third kappa shape index (κ3) is 30.7. The standard InChI is InChI=1S/C6H7N.C5H6N2.2C5H7N.C5H6O.C5H6S.C4H6N2.2C4H5NS/c1-6-3-2-4-7-5-6;1-5-6-3-2-4-7-5;1-5-2-3-6-4-5;1-6-4-2-3-5-6;1-5-2-3-6-4-5;1-5-3-2-4-6-5;1-6-3-2-5-4-6;1-4-2-6-3-5-4;1-4-5-2-3-6-4/h2-5H,1H3;2-4H,1H3;2-4,6H,1H3;2-5H,1H3;3*2-4H,1H3;2*2-3H,1H3. The molecule has 0 radical (unpaired) electrons. The van der Waals surface area contributed by atoms with E-state index in [1.165, 1.54) is 21.6 Å². The van der Waals surface area contributed by atoms with Gasteiger partial charge in [0.1, 0.15) is 5.82 Å². The second kappa shape index (κ2) is 32.7. The van der Waals surface area contributed by atoms with Crippen LogP contribution >= 0.6 is 34.0 Å². The maximum Gasteiger partial charge on any atom is 0.125 e. The van der Waals surface area contributed by atoms with E-state index in [2.05, 4.69) is 66.2 Å². The van der Waals surface area contributed by atoms with Gasteiger partial charge in [0.05, 0.1) is 29.4 Å².